The van der Waals surface area contributed by atoms with E-state index in [9.17, 15) is 4.79 Å². The molecule has 164 valence electrons. The van der Waals surface area contributed by atoms with Crippen LogP contribution in [0, 0.1) is 0 Å². The molecule has 3 aromatic rings. The van der Waals surface area contributed by atoms with Crippen molar-refractivity contribution in [1.29, 1.82) is 0 Å². The molecule has 0 aliphatic carbocycles. The van der Waals surface area contributed by atoms with Crippen molar-refractivity contribution in [3.63, 3.8) is 0 Å². The van der Waals surface area contributed by atoms with Gasteiger partial charge >= 0.3 is 0 Å². The summed E-state index contributed by atoms with van der Waals surface area (Å²) in [6.45, 7) is 5.90. The average Bonchev–Trinajstić information content (AvgIpc) is 3.19. The Balaban J connectivity index is 1.36. The highest BCUT2D eigenvalue weighted by Gasteiger charge is 2.24. The van der Waals surface area contributed by atoms with Gasteiger partial charge in [-0.3, -0.25) is 9.78 Å². The second kappa shape index (κ2) is 10.8. The average molecular weight is 440 g/mol. The Morgan fingerprint density at radius 2 is 1.90 bits per heavy atom. The van der Waals surface area contributed by atoms with Gasteiger partial charge in [0.2, 0.25) is 6.41 Å². The quantitative estimate of drug-likeness (QED) is 0.374. The highest BCUT2D eigenvalue weighted by Crippen LogP contribution is 2.35. The maximum atomic E-state index is 10.2. The Morgan fingerprint density at radius 1 is 1.10 bits per heavy atom. The summed E-state index contributed by atoms with van der Waals surface area (Å²) in [6.07, 6.45) is 10.4. The number of hydrogen-bond acceptors (Lipinski definition) is 4. The highest BCUT2D eigenvalue weighted by atomic mass is 35.5. The molecule has 0 atom stereocenters. The maximum Gasteiger partial charge on any atom is 0.207 e. The van der Waals surface area contributed by atoms with Crippen LogP contribution in [0.1, 0.15) is 30.7 Å². The van der Waals surface area contributed by atoms with Crippen LogP contribution in [0.5, 0.6) is 0 Å². The molecule has 0 saturated carbocycles. The molecule has 1 fully saturated rings. The number of pyridine rings is 1. The second-order valence-corrected chi connectivity index (χ2v) is 8.55. The lowest BCUT2D eigenvalue weighted by molar-refractivity contribution is -0.109. The van der Waals surface area contributed by atoms with Gasteiger partial charge in [0.05, 0.1) is 11.7 Å². The number of carbonyl (C=O) groups is 1. The minimum Gasteiger partial charge on any atom is -0.357 e. The molecule has 0 spiro atoms. The fourth-order valence-corrected chi connectivity index (χ4v) is 4.61. The van der Waals surface area contributed by atoms with E-state index in [1.165, 1.54) is 23.8 Å². The van der Waals surface area contributed by atoms with Crippen molar-refractivity contribution in [3.8, 4) is 5.69 Å². The summed E-state index contributed by atoms with van der Waals surface area (Å²) in [4.78, 5) is 17.2. The number of carbonyl (C=O) groups excluding carboxylic acids is 1. The SMILES string of the molecule is O=CNCCNCCCN1CCC(c2cn(-c3ccc(Cl)cc3)c3cnccc23)CC1. The fourth-order valence-electron chi connectivity index (χ4n) is 4.48. The predicted molar refractivity (Wildman–Crippen MR) is 126 cm³/mol. The highest BCUT2D eigenvalue weighted by molar-refractivity contribution is 6.30. The maximum absolute atomic E-state index is 10.2. The van der Waals surface area contributed by atoms with E-state index in [-0.39, 0.29) is 0 Å². The molecule has 7 heteroatoms. The second-order valence-electron chi connectivity index (χ2n) is 8.12. The summed E-state index contributed by atoms with van der Waals surface area (Å²) in [5.74, 6) is 0.572. The van der Waals surface area contributed by atoms with Gasteiger partial charge in [-0.2, -0.15) is 0 Å². The normalized spacial score (nSPS) is 15.4. The molecular weight excluding hydrogens is 410 g/mol. The molecule has 2 N–H and O–H groups in total. The van der Waals surface area contributed by atoms with E-state index < -0.39 is 0 Å². The number of halogens is 1. The minimum absolute atomic E-state index is 0.572. The lowest BCUT2D eigenvalue weighted by atomic mass is 9.89. The summed E-state index contributed by atoms with van der Waals surface area (Å²) < 4.78 is 2.24. The largest absolute Gasteiger partial charge is 0.357 e. The van der Waals surface area contributed by atoms with Crippen molar-refractivity contribution in [2.24, 2.45) is 0 Å². The number of fused-ring (bicyclic) bond motifs is 1. The smallest absolute Gasteiger partial charge is 0.207 e. The van der Waals surface area contributed by atoms with Gasteiger partial charge in [0.15, 0.2) is 0 Å². The number of piperidine rings is 1. The molecule has 0 radical (unpaired) electrons. The summed E-state index contributed by atoms with van der Waals surface area (Å²) in [6, 6.07) is 10.1. The first kappa shape index (κ1) is 21.8. The molecule has 3 heterocycles. The van der Waals surface area contributed by atoms with Gasteiger partial charge in [0.25, 0.3) is 0 Å². The first-order valence-electron chi connectivity index (χ1n) is 11.1. The molecule has 6 nitrogen and oxygen atoms in total. The zero-order chi connectivity index (χ0) is 21.5. The topological polar surface area (TPSA) is 62.2 Å². The first-order valence-corrected chi connectivity index (χ1v) is 11.4. The van der Waals surface area contributed by atoms with Crippen molar-refractivity contribution >= 4 is 28.9 Å². The number of amides is 1. The predicted octanol–water partition coefficient (Wildman–Crippen LogP) is 3.58. The zero-order valence-corrected chi connectivity index (χ0v) is 18.5. The van der Waals surface area contributed by atoms with Crippen molar-refractivity contribution in [2.45, 2.75) is 25.2 Å². The number of nitrogens with zero attached hydrogens (tertiary/aromatic N) is 3. The molecule has 2 aromatic heterocycles. The van der Waals surface area contributed by atoms with Crippen LogP contribution in [0.4, 0.5) is 0 Å². The van der Waals surface area contributed by atoms with Crippen LogP contribution in [0.25, 0.3) is 16.6 Å². The minimum atomic E-state index is 0.572. The number of benzene rings is 1. The zero-order valence-electron chi connectivity index (χ0n) is 17.8. The number of hydrogen-bond donors (Lipinski definition) is 2. The van der Waals surface area contributed by atoms with E-state index in [1.54, 1.807) is 0 Å². The molecule has 1 saturated heterocycles. The number of aromatic nitrogens is 2. The van der Waals surface area contributed by atoms with Crippen LogP contribution >= 0.6 is 11.6 Å². The Bertz CT molecular complexity index is 979. The van der Waals surface area contributed by atoms with Crippen LogP contribution in [0.15, 0.2) is 48.9 Å². The summed E-state index contributed by atoms with van der Waals surface area (Å²) in [5, 5.41) is 8.09. The van der Waals surface area contributed by atoms with E-state index in [2.05, 4.69) is 49.5 Å². The Hall–Kier alpha value is -2.41. The molecule has 1 aromatic carbocycles. The van der Waals surface area contributed by atoms with Crippen LogP contribution < -0.4 is 10.6 Å². The molecule has 1 amide bonds. The molecule has 0 unspecified atom stereocenters. The molecular formula is C24H30ClN5O. The summed E-state index contributed by atoms with van der Waals surface area (Å²) in [5.41, 5.74) is 3.69. The van der Waals surface area contributed by atoms with Gasteiger partial charge < -0.3 is 20.1 Å². The lowest BCUT2D eigenvalue weighted by Gasteiger charge is -2.32. The van der Waals surface area contributed by atoms with Crippen LogP contribution in [0.3, 0.4) is 0 Å². The van der Waals surface area contributed by atoms with Gasteiger partial charge in [0.1, 0.15) is 0 Å². The number of rotatable bonds is 10. The fraction of sp³-hybridized carbons (Fsp3) is 0.417. The third-order valence-electron chi connectivity index (χ3n) is 6.13. The standard InChI is InChI=1S/C24H30ClN5O/c25-20-2-4-21(5-3-20)30-17-23(22-6-10-27-16-24(22)30)19-7-14-29(15-8-19)13-1-9-26-11-12-28-18-31/h2-6,10,16-19,26H,1,7-9,11-15H2,(H,28,31). The first-order chi connectivity index (χ1) is 15.3. The van der Waals surface area contributed by atoms with Gasteiger partial charge in [-0.15, -0.1) is 0 Å². The van der Waals surface area contributed by atoms with Gasteiger partial charge in [-0.05, 0) is 87.3 Å². The van der Waals surface area contributed by atoms with E-state index in [0.717, 1.165) is 61.8 Å². The van der Waals surface area contributed by atoms with Crippen molar-refractivity contribution in [2.75, 3.05) is 39.3 Å². The Kier molecular flexibility index (Phi) is 7.57. The van der Waals surface area contributed by atoms with Crippen LogP contribution in [-0.2, 0) is 4.79 Å². The van der Waals surface area contributed by atoms with Crippen molar-refractivity contribution < 1.29 is 4.79 Å². The number of nitrogens with one attached hydrogen (secondary N) is 2. The van der Waals surface area contributed by atoms with Gasteiger partial charge in [-0.25, -0.2) is 0 Å². The van der Waals surface area contributed by atoms with Gasteiger partial charge in [-0.1, -0.05) is 11.6 Å². The third-order valence-corrected chi connectivity index (χ3v) is 6.38. The molecule has 31 heavy (non-hydrogen) atoms. The third kappa shape index (κ3) is 5.45. The lowest BCUT2D eigenvalue weighted by Crippen LogP contribution is -2.35. The number of likely N-dealkylation sites (tertiary alicyclic amines) is 1. The van der Waals surface area contributed by atoms with E-state index in [0.29, 0.717) is 12.5 Å². The van der Waals surface area contributed by atoms with Crippen molar-refractivity contribution in [3.05, 3.63) is 59.5 Å². The van der Waals surface area contributed by atoms with E-state index in [4.69, 9.17) is 11.6 Å². The Morgan fingerprint density at radius 3 is 2.68 bits per heavy atom. The van der Waals surface area contributed by atoms with Crippen LogP contribution in [0.2, 0.25) is 5.02 Å². The summed E-state index contributed by atoms with van der Waals surface area (Å²) >= 11 is 6.09. The van der Waals surface area contributed by atoms with E-state index >= 15 is 0 Å². The van der Waals surface area contributed by atoms with Crippen LogP contribution in [-0.4, -0.2) is 60.1 Å². The molecule has 0 bridgehead atoms. The molecule has 1 aliphatic heterocycles. The van der Waals surface area contributed by atoms with E-state index in [1.807, 2.05) is 24.5 Å². The Labute approximate surface area is 188 Å². The molecule has 4 rings (SSSR count). The monoisotopic (exact) mass is 439 g/mol. The van der Waals surface area contributed by atoms with Gasteiger partial charge in [0, 0.05) is 41.6 Å². The molecule has 1 aliphatic rings. The van der Waals surface area contributed by atoms with Crippen molar-refractivity contribution in [1.82, 2.24) is 25.1 Å². The summed E-state index contributed by atoms with van der Waals surface area (Å²) in [7, 11) is 0.